The summed E-state index contributed by atoms with van der Waals surface area (Å²) in [7, 11) is 0. The van der Waals surface area contributed by atoms with Crippen molar-refractivity contribution in [3.05, 3.63) is 220 Å². The molecule has 0 atom stereocenters. The number of carbonyl (C=O) groups excluding carboxylic acids is 1. The molecule has 0 aliphatic heterocycles. The molecule has 7 aromatic carbocycles. The van der Waals surface area contributed by atoms with Crippen LogP contribution >= 0.6 is 0 Å². The van der Waals surface area contributed by atoms with E-state index in [1.54, 1.807) is 54.6 Å². The predicted molar refractivity (Wildman–Crippen MR) is 225 cm³/mol. The number of hydrogen-bond donors (Lipinski definition) is 1. The number of anilines is 1. The van der Waals surface area contributed by atoms with Crippen LogP contribution in [0.3, 0.4) is 0 Å². The molecule has 0 saturated carbocycles. The van der Waals surface area contributed by atoms with E-state index in [0.717, 1.165) is 22.3 Å². The number of hydrogen-bond acceptors (Lipinski definition) is 7. The van der Waals surface area contributed by atoms with Crippen molar-refractivity contribution in [2.45, 2.75) is 26.4 Å². The van der Waals surface area contributed by atoms with Crippen molar-refractivity contribution >= 4 is 22.6 Å². The quantitative estimate of drug-likeness (QED) is 0.111. The van der Waals surface area contributed by atoms with Crippen molar-refractivity contribution in [2.24, 2.45) is 0 Å². The Kier molecular flexibility index (Phi) is 11.5. The summed E-state index contributed by atoms with van der Waals surface area (Å²) in [6, 6.07) is 56.3. The minimum atomic E-state index is -0.550. The average Bonchev–Trinajstić information content (AvgIpc) is 3.28. The predicted octanol–water partition coefficient (Wildman–Crippen LogP) is 11.0. The highest BCUT2D eigenvalue weighted by Crippen LogP contribution is 2.42. The van der Waals surface area contributed by atoms with Crippen LogP contribution in [-0.4, -0.2) is 5.91 Å². The van der Waals surface area contributed by atoms with Crippen LogP contribution in [0.2, 0.25) is 0 Å². The molecule has 58 heavy (non-hydrogen) atoms. The summed E-state index contributed by atoms with van der Waals surface area (Å²) in [5.74, 6) is 1.21. The molecule has 286 valence electrons. The Morgan fingerprint density at radius 1 is 0.483 bits per heavy atom. The van der Waals surface area contributed by atoms with Crippen LogP contribution < -0.4 is 29.7 Å². The molecule has 0 bridgehead atoms. The van der Waals surface area contributed by atoms with Crippen molar-refractivity contribution in [2.75, 3.05) is 5.32 Å². The fourth-order valence-corrected chi connectivity index (χ4v) is 6.41. The van der Waals surface area contributed by atoms with Gasteiger partial charge in [0.25, 0.3) is 5.91 Å². The van der Waals surface area contributed by atoms with Gasteiger partial charge in [0.15, 0.2) is 28.8 Å². The second-order valence-electron chi connectivity index (χ2n) is 13.5. The van der Waals surface area contributed by atoms with Crippen LogP contribution in [0.25, 0.3) is 22.3 Å². The third kappa shape index (κ3) is 8.93. The van der Waals surface area contributed by atoms with Gasteiger partial charge in [-0.25, -0.2) is 0 Å². The van der Waals surface area contributed by atoms with Gasteiger partial charge in [0.1, 0.15) is 37.7 Å². The zero-order chi connectivity index (χ0) is 39.5. The van der Waals surface area contributed by atoms with Crippen molar-refractivity contribution in [3.63, 3.8) is 0 Å². The molecule has 0 aliphatic rings. The highest BCUT2D eigenvalue weighted by molar-refractivity contribution is 6.07. The Labute approximate surface area is 335 Å². The van der Waals surface area contributed by atoms with E-state index in [2.05, 4.69) is 5.32 Å². The molecule has 0 fully saturated rings. The normalized spacial score (nSPS) is 10.8. The van der Waals surface area contributed by atoms with Crippen molar-refractivity contribution in [3.8, 4) is 34.3 Å². The molecular formula is C50H39NO7. The molecule has 8 rings (SSSR count). The minimum Gasteiger partial charge on any atom is -0.485 e. The lowest BCUT2D eigenvalue weighted by Crippen LogP contribution is -2.20. The number of amides is 1. The summed E-state index contributed by atoms with van der Waals surface area (Å²) in [5, 5.41) is 3.21. The Hall–Kier alpha value is -7.58. The standard InChI is InChI=1S/C50H39NO7/c52-47-40-24-13-14-26-42(40)58-49(41-25-15-27-44(55-32-36-18-7-2-8-19-36)48(41)57-34-38-22-11-4-12-23-38)46(47)51-50(53)39-28-29-43(54-31-35-16-5-1-6-17-35)45(30-39)56-33-37-20-9-3-10-21-37/h1-30H,31-34H2,(H,51,53). The molecular weight excluding hydrogens is 727 g/mol. The van der Waals surface area contributed by atoms with Crippen LogP contribution in [0.1, 0.15) is 32.6 Å². The SMILES string of the molecule is O=C(Nc1c(-c2cccc(OCc3ccccc3)c2OCc2ccccc2)oc2ccccc2c1=O)c1ccc(OCc2ccccc2)c(OCc2ccccc2)c1. The van der Waals surface area contributed by atoms with E-state index in [1.165, 1.54) is 0 Å². The highest BCUT2D eigenvalue weighted by atomic mass is 16.5. The smallest absolute Gasteiger partial charge is 0.256 e. The third-order valence-electron chi connectivity index (χ3n) is 9.40. The van der Waals surface area contributed by atoms with E-state index in [0.29, 0.717) is 46.1 Å². The lowest BCUT2D eigenvalue weighted by molar-refractivity contribution is 0.102. The fraction of sp³-hybridized carbons (Fsp3) is 0.0800. The Morgan fingerprint density at radius 2 is 0.983 bits per heavy atom. The summed E-state index contributed by atoms with van der Waals surface area (Å²) < 4.78 is 31.8. The van der Waals surface area contributed by atoms with Gasteiger partial charge in [-0.1, -0.05) is 140 Å². The number of benzene rings is 7. The molecule has 0 spiro atoms. The summed E-state index contributed by atoms with van der Waals surface area (Å²) in [5.41, 5.74) is 4.38. The summed E-state index contributed by atoms with van der Waals surface area (Å²) in [6.45, 7) is 1.04. The van der Waals surface area contributed by atoms with Gasteiger partial charge in [-0.05, 0) is 64.7 Å². The van der Waals surface area contributed by atoms with Gasteiger partial charge >= 0.3 is 0 Å². The van der Waals surface area contributed by atoms with E-state index in [1.807, 2.05) is 127 Å². The molecule has 0 saturated heterocycles. The number of carbonyl (C=O) groups is 1. The molecule has 8 heteroatoms. The van der Waals surface area contributed by atoms with Gasteiger partial charge in [0.05, 0.1) is 10.9 Å². The Balaban J connectivity index is 1.17. The topological polar surface area (TPSA) is 96.2 Å². The van der Waals surface area contributed by atoms with Crippen LogP contribution in [0.4, 0.5) is 5.69 Å². The first kappa shape index (κ1) is 37.3. The van der Waals surface area contributed by atoms with Gasteiger partial charge in [0, 0.05) is 5.56 Å². The zero-order valence-corrected chi connectivity index (χ0v) is 31.5. The van der Waals surface area contributed by atoms with E-state index in [-0.39, 0.29) is 36.8 Å². The van der Waals surface area contributed by atoms with Crippen molar-refractivity contribution in [1.82, 2.24) is 0 Å². The second-order valence-corrected chi connectivity index (χ2v) is 13.5. The van der Waals surface area contributed by atoms with Gasteiger partial charge in [0.2, 0.25) is 5.43 Å². The maximum absolute atomic E-state index is 14.4. The summed E-state index contributed by atoms with van der Waals surface area (Å²) in [4.78, 5) is 28.7. The summed E-state index contributed by atoms with van der Waals surface area (Å²) >= 11 is 0. The van der Waals surface area contributed by atoms with Crippen molar-refractivity contribution in [1.29, 1.82) is 0 Å². The lowest BCUT2D eigenvalue weighted by Gasteiger charge is -2.19. The van der Waals surface area contributed by atoms with E-state index in [4.69, 9.17) is 23.4 Å². The Morgan fingerprint density at radius 3 is 1.57 bits per heavy atom. The summed E-state index contributed by atoms with van der Waals surface area (Å²) in [6.07, 6.45) is 0. The highest BCUT2D eigenvalue weighted by Gasteiger charge is 2.25. The first-order valence-electron chi connectivity index (χ1n) is 18.9. The number of nitrogens with one attached hydrogen (secondary N) is 1. The van der Waals surface area contributed by atoms with Crippen LogP contribution in [0.15, 0.2) is 191 Å². The maximum Gasteiger partial charge on any atom is 0.256 e. The average molecular weight is 766 g/mol. The van der Waals surface area contributed by atoms with Gasteiger partial charge in [-0.3, -0.25) is 9.59 Å². The molecule has 1 heterocycles. The molecule has 0 aliphatic carbocycles. The number of rotatable bonds is 15. The molecule has 1 amide bonds. The van der Waals surface area contributed by atoms with Crippen LogP contribution in [0.5, 0.6) is 23.0 Å². The second kappa shape index (κ2) is 17.9. The zero-order valence-electron chi connectivity index (χ0n) is 31.5. The number of para-hydroxylation sites is 2. The van der Waals surface area contributed by atoms with Crippen LogP contribution in [0, 0.1) is 0 Å². The first-order valence-corrected chi connectivity index (χ1v) is 18.9. The number of fused-ring (bicyclic) bond motifs is 1. The number of ether oxygens (including phenoxy) is 4. The third-order valence-corrected chi connectivity index (χ3v) is 9.40. The molecule has 8 nitrogen and oxygen atoms in total. The van der Waals surface area contributed by atoms with Gasteiger partial charge in [-0.15, -0.1) is 0 Å². The van der Waals surface area contributed by atoms with E-state index >= 15 is 0 Å². The molecule has 0 unspecified atom stereocenters. The fourth-order valence-electron chi connectivity index (χ4n) is 6.41. The van der Waals surface area contributed by atoms with Crippen molar-refractivity contribution < 1.29 is 28.2 Å². The lowest BCUT2D eigenvalue weighted by atomic mass is 10.1. The monoisotopic (exact) mass is 765 g/mol. The van der Waals surface area contributed by atoms with Gasteiger partial charge in [-0.2, -0.15) is 0 Å². The Bertz CT molecular complexity index is 2680. The van der Waals surface area contributed by atoms with Gasteiger partial charge < -0.3 is 28.7 Å². The molecule has 1 aromatic heterocycles. The molecule has 8 aromatic rings. The van der Waals surface area contributed by atoms with E-state index < -0.39 is 11.3 Å². The largest absolute Gasteiger partial charge is 0.485 e. The van der Waals surface area contributed by atoms with E-state index in [9.17, 15) is 9.59 Å². The van der Waals surface area contributed by atoms with Crippen LogP contribution in [-0.2, 0) is 26.4 Å². The minimum absolute atomic E-state index is 0.0513. The maximum atomic E-state index is 14.4. The molecule has 1 N–H and O–H groups in total. The first-order chi connectivity index (χ1) is 28.6. The molecule has 0 radical (unpaired) electrons.